The van der Waals surface area contributed by atoms with Crippen molar-refractivity contribution in [2.45, 2.75) is 6.42 Å². The third kappa shape index (κ3) is 3.79. The molecule has 0 spiro atoms. The Balaban J connectivity index is 2.17. The first-order valence-corrected chi connectivity index (χ1v) is 7.58. The minimum absolute atomic E-state index is 0.121. The predicted molar refractivity (Wildman–Crippen MR) is 87.9 cm³/mol. The fourth-order valence-corrected chi connectivity index (χ4v) is 2.90. The largest absolute Gasteiger partial charge is 0.496 e. The zero-order chi connectivity index (χ0) is 13.8. The highest BCUT2D eigenvalue weighted by atomic mass is 127. The number of rotatable bonds is 4. The van der Waals surface area contributed by atoms with Crippen LogP contribution >= 0.6 is 38.5 Å². The van der Waals surface area contributed by atoms with E-state index in [1.807, 2.05) is 42.5 Å². The van der Waals surface area contributed by atoms with Gasteiger partial charge in [0.25, 0.3) is 0 Å². The van der Waals surface area contributed by atoms with Crippen molar-refractivity contribution in [3.63, 3.8) is 0 Å². The highest BCUT2D eigenvalue weighted by Gasteiger charge is 2.09. The van der Waals surface area contributed by atoms with Gasteiger partial charge in [-0.15, -0.1) is 0 Å². The summed E-state index contributed by atoms with van der Waals surface area (Å²) in [5, 5.41) is 0. The lowest BCUT2D eigenvalue weighted by Gasteiger charge is -2.06. The number of carbonyl (C=O) groups is 1. The number of hydrogen-bond acceptors (Lipinski definition) is 2. The van der Waals surface area contributed by atoms with Crippen LogP contribution in [-0.2, 0) is 6.42 Å². The molecule has 0 aliphatic heterocycles. The summed E-state index contributed by atoms with van der Waals surface area (Å²) < 4.78 is 7.11. The molecule has 0 atom stereocenters. The van der Waals surface area contributed by atoms with Crippen LogP contribution in [0.3, 0.4) is 0 Å². The van der Waals surface area contributed by atoms with Gasteiger partial charge in [0.2, 0.25) is 0 Å². The predicted octanol–water partition coefficient (Wildman–Crippen LogP) is 4.49. The molecule has 0 unspecified atom stereocenters. The highest BCUT2D eigenvalue weighted by molar-refractivity contribution is 14.1. The number of ether oxygens (including phenoxy) is 1. The summed E-state index contributed by atoms with van der Waals surface area (Å²) in [6, 6.07) is 13.3. The van der Waals surface area contributed by atoms with Gasteiger partial charge in [-0.1, -0.05) is 18.2 Å². The number of halogens is 2. The van der Waals surface area contributed by atoms with Gasteiger partial charge in [-0.3, -0.25) is 4.79 Å². The van der Waals surface area contributed by atoms with Crippen LogP contribution < -0.4 is 4.74 Å². The Hall–Kier alpha value is -0.880. The van der Waals surface area contributed by atoms with Gasteiger partial charge in [0.15, 0.2) is 5.78 Å². The van der Waals surface area contributed by atoms with Gasteiger partial charge in [-0.05, 0) is 68.3 Å². The summed E-state index contributed by atoms with van der Waals surface area (Å²) in [5.41, 5.74) is 1.72. The number of benzene rings is 2. The van der Waals surface area contributed by atoms with Gasteiger partial charge in [-0.25, -0.2) is 0 Å². The first-order chi connectivity index (χ1) is 9.10. The summed E-state index contributed by atoms with van der Waals surface area (Å²) in [5.74, 6) is 0.890. The van der Waals surface area contributed by atoms with Crippen LogP contribution in [0, 0.1) is 3.57 Å². The molecule has 2 aromatic carbocycles. The van der Waals surface area contributed by atoms with Crippen molar-refractivity contribution < 1.29 is 9.53 Å². The lowest BCUT2D eigenvalue weighted by atomic mass is 10.0. The minimum atomic E-state index is 0.121. The summed E-state index contributed by atoms with van der Waals surface area (Å²) in [6.07, 6.45) is 0.392. The monoisotopic (exact) mass is 430 g/mol. The number of ketones is 1. The summed E-state index contributed by atoms with van der Waals surface area (Å²) >= 11 is 5.64. The average Bonchev–Trinajstić information content (AvgIpc) is 2.39. The van der Waals surface area contributed by atoms with E-state index in [1.165, 1.54) is 0 Å². The Morgan fingerprint density at radius 2 is 2.05 bits per heavy atom. The molecular formula is C15H12BrIO2. The molecule has 0 amide bonds. The van der Waals surface area contributed by atoms with Crippen molar-refractivity contribution in [1.82, 2.24) is 0 Å². The van der Waals surface area contributed by atoms with E-state index in [2.05, 4.69) is 38.5 Å². The fraction of sp³-hybridized carbons (Fsp3) is 0.133. The third-order valence-corrected chi connectivity index (χ3v) is 4.02. The molecule has 0 radical (unpaired) electrons. The van der Waals surface area contributed by atoms with Gasteiger partial charge in [0.05, 0.1) is 11.6 Å². The molecule has 0 aromatic heterocycles. The second-order valence-corrected chi connectivity index (χ2v) is 6.18. The molecule has 2 rings (SSSR count). The molecule has 0 bridgehead atoms. The Labute approximate surface area is 134 Å². The van der Waals surface area contributed by atoms with Crippen LogP contribution in [0.15, 0.2) is 46.9 Å². The zero-order valence-corrected chi connectivity index (χ0v) is 14.1. The third-order valence-electron chi connectivity index (χ3n) is 2.73. The van der Waals surface area contributed by atoms with Gasteiger partial charge in [0, 0.05) is 15.6 Å². The van der Waals surface area contributed by atoms with E-state index in [0.29, 0.717) is 6.42 Å². The molecule has 19 heavy (non-hydrogen) atoms. The number of hydrogen-bond donors (Lipinski definition) is 0. The maximum Gasteiger partial charge on any atom is 0.167 e. The second-order valence-electron chi connectivity index (χ2n) is 4.08. The first-order valence-electron chi connectivity index (χ1n) is 5.71. The van der Waals surface area contributed by atoms with Gasteiger partial charge in [-0.2, -0.15) is 0 Å². The molecule has 2 nitrogen and oxygen atoms in total. The molecule has 2 aromatic rings. The van der Waals surface area contributed by atoms with Crippen molar-refractivity contribution in [2.24, 2.45) is 0 Å². The van der Waals surface area contributed by atoms with Crippen LogP contribution in [0.1, 0.15) is 15.9 Å². The van der Waals surface area contributed by atoms with Crippen molar-refractivity contribution in [2.75, 3.05) is 7.11 Å². The summed E-state index contributed by atoms with van der Waals surface area (Å²) in [4.78, 5) is 12.2. The van der Waals surface area contributed by atoms with E-state index in [0.717, 1.165) is 24.9 Å². The molecule has 0 saturated heterocycles. The maximum absolute atomic E-state index is 12.2. The van der Waals surface area contributed by atoms with Gasteiger partial charge >= 0.3 is 0 Å². The first kappa shape index (κ1) is 14.5. The van der Waals surface area contributed by atoms with Gasteiger partial charge in [0.1, 0.15) is 5.75 Å². The zero-order valence-electron chi connectivity index (χ0n) is 10.3. The maximum atomic E-state index is 12.2. The van der Waals surface area contributed by atoms with Gasteiger partial charge < -0.3 is 4.74 Å². The molecule has 0 aliphatic rings. The number of methoxy groups -OCH3 is 1. The van der Waals surface area contributed by atoms with E-state index in [-0.39, 0.29) is 5.78 Å². The highest BCUT2D eigenvalue weighted by Crippen LogP contribution is 2.26. The Kier molecular flexibility index (Phi) is 4.99. The van der Waals surface area contributed by atoms with E-state index in [9.17, 15) is 4.79 Å². The number of Topliss-reactive ketones (excluding diaryl/α,β-unsaturated/α-hetero) is 1. The van der Waals surface area contributed by atoms with E-state index < -0.39 is 0 Å². The molecule has 0 aliphatic carbocycles. The molecular weight excluding hydrogens is 419 g/mol. The standard InChI is InChI=1S/C15H12BrIO2/c1-19-15-6-5-10(7-13(15)16)8-14(18)11-3-2-4-12(17)9-11/h2-7,9H,8H2,1H3. The Bertz CT molecular complexity index is 611. The van der Waals surface area contributed by atoms with Crippen molar-refractivity contribution in [1.29, 1.82) is 0 Å². The van der Waals surface area contributed by atoms with E-state index in [1.54, 1.807) is 7.11 Å². The molecule has 98 valence electrons. The van der Waals surface area contributed by atoms with E-state index in [4.69, 9.17) is 4.74 Å². The smallest absolute Gasteiger partial charge is 0.167 e. The average molecular weight is 431 g/mol. The van der Waals surface area contributed by atoms with E-state index >= 15 is 0 Å². The lowest BCUT2D eigenvalue weighted by Crippen LogP contribution is -2.03. The van der Waals surface area contributed by atoms with Crippen LogP contribution in [-0.4, -0.2) is 12.9 Å². The molecule has 0 N–H and O–H groups in total. The van der Waals surface area contributed by atoms with Crippen LogP contribution in [0.25, 0.3) is 0 Å². The lowest BCUT2D eigenvalue weighted by molar-refractivity contribution is 0.0993. The van der Waals surface area contributed by atoms with Crippen molar-refractivity contribution >= 4 is 44.3 Å². The molecule has 0 saturated carbocycles. The summed E-state index contributed by atoms with van der Waals surface area (Å²) in [6.45, 7) is 0. The topological polar surface area (TPSA) is 26.3 Å². The van der Waals surface area contributed by atoms with Crippen LogP contribution in [0.5, 0.6) is 5.75 Å². The SMILES string of the molecule is COc1ccc(CC(=O)c2cccc(I)c2)cc1Br. The quantitative estimate of drug-likeness (QED) is 0.527. The van der Waals surface area contributed by atoms with Crippen molar-refractivity contribution in [3.05, 3.63) is 61.6 Å². The van der Waals surface area contributed by atoms with Crippen molar-refractivity contribution in [3.8, 4) is 5.75 Å². The second kappa shape index (κ2) is 6.52. The van der Waals surface area contributed by atoms with Crippen LogP contribution in [0.2, 0.25) is 0 Å². The molecule has 0 fully saturated rings. The summed E-state index contributed by atoms with van der Waals surface area (Å²) in [7, 11) is 1.62. The number of carbonyl (C=O) groups excluding carboxylic acids is 1. The normalized spacial score (nSPS) is 10.3. The molecule has 4 heteroatoms. The molecule has 0 heterocycles. The Morgan fingerprint density at radius 3 is 2.68 bits per heavy atom. The Morgan fingerprint density at radius 1 is 1.26 bits per heavy atom. The van der Waals surface area contributed by atoms with Crippen LogP contribution in [0.4, 0.5) is 0 Å². The minimum Gasteiger partial charge on any atom is -0.496 e. The fourth-order valence-electron chi connectivity index (χ4n) is 1.77.